The normalized spacial score (nSPS) is 13.3. The molecule has 0 fully saturated rings. The van der Waals surface area contributed by atoms with Gasteiger partial charge >= 0.3 is 10.0 Å². The Kier molecular flexibility index (Phi) is 3.07. The molecule has 1 aromatic heterocycles. The number of nitrogens with one attached hydrogen (secondary N) is 1. The van der Waals surface area contributed by atoms with Gasteiger partial charge in [0, 0.05) is 0 Å². The van der Waals surface area contributed by atoms with Crippen LogP contribution in [0.2, 0.25) is 0 Å². The van der Waals surface area contributed by atoms with Crippen molar-refractivity contribution in [3.63, 3.8) is 0 Å². The Bertz CT molecular complexity index is 669. The number of aromatic hydroxyl groups is 1. The molecular weight excluding hydrogens is 260 g/mol. The van der Waals surface area contributed by atoms with Crippen LogP contribution < -0.4 is 8.85 Å². The van der Waals surface area contributed by atoms with Crippen LogP contribution in [0.15, 0.2) is 48.8 Å². The zero-order valence-corrected chi connectivity index (χ0v) is 11.5. The highest BCUT2D eigenvalue weighted by Crippen LogP contribution is 2.38. The minimum absolute atomic E-state index is 0.169. The fraction of sp³-hybridized carbons (Fsp3) is 0. The third-order valence-corrected chi connectivity index (χ3v) is 3.54. The second-order valence-corrected chi connectivity index (χ2v) is 4.74. The van der Waals surface area contributed by atoms with Crippen LogP contribution in [0.1, 0.15) is 0 Å². The van der Waals surface area contributed by atoms with Gasteiger partial charge in [-0.25, -0.2) is 4.98 Å². The van der Waals surface area contributed by atoms with Crippen LogP contribution in [0, 0.1) is 0 Å². The van der Waals surface area contributed by atoms with Gasteiger partial charge in [-0.05, 0) is 24.3 Å². The van der Waals surface area contributed by atoms with Gasteiger partial charge in [-0.15, -0.1) is 0 Å². The molecule has 4 rings (SSSR count). The summed E-state index contributed by atoms with van der Waals surface area (Å²) in [6.45, 7) is 0. The van der Waals surface area contributed by atoms with E-state index in [9.17, 15) is 0 Å². The number of phenols is 1. The van der Waals surface area contributed by atoms with Gasteiger partial charge in [-0.1, -0.05) is 18.2 Å². The number of para-hydroxylation sites is 3. The van der Waals surface area contributed by atoms with E-state index in [0.29, 0.717) is 11.5 Å². The smallest absolute Gasteiger partial charge is 0.428 e. The molecule has 1 aliphatic rings. The van der Waals surface area contributed by atoms with Gasteiger partial charge in [0.05, 0.1) is 17.4 Å². The Morgan fingerprint density at radius 3 is 2.79 bits per heavy atom. The number of aromatic nitrogens is 2. The molecule has 0 atom stereocenters. The predicted octanol–water partition coefficient (Wildman–Crippen LogP) is 1.73. The Balaban J connectivity index is 0.000000117. The summed E-state index contributed by atoms with van der Waals surface area (Å²) < 4.78 is 10.2. The minimum Gasteiger partial charge on any atom is -0.513 e. The minimum atomic E-state index is -0.892. The zero-order chi connectivity index (χ0) is 13.1. The molecule has 2 N–H and O–H groups in total. The second-order valence-electron chi connectivity index (χ2n) is 3.93. The molecule has 2 aromatic carbocycles. The van der Waals surface area contributed by atoms with E-state index in [1.807, 2.05) is 24.3 Å². The third kappa shape index (κ3) is 2.38. The molecule has 96 valence electrons. The van der Waals surface area contributed by atoms with E-state index in [-0.39, 0.29) is 5.75 Å². The van der Waals surface area contributed by atoms with Crippen LogP contribution in [0.5, 0.6) is 17.2 Å². The van der Waals surface area contributed by atoms with Crippen LogP contribution in [-0.4, -0.2) is 25.1 Å². The first-order valence-electron chi connectivity index (χ1n) is 5.80. The number of rotatable bonds is 0. The van der Waals surface area contributed by atoms with Crippen molar-refractivity contribution >= 4 is 21.0 Å². The van der Waals surface area contributed by atoms with E-state index in [1.54, 1.807) is 24.5 Å². The van der Waals surface area contributed by atoms with E-state index in [2.05, 4.69) is 9.97 Å². The van der Waals surface area contributed by atoms with Crippen LogP contribution in [0.25, 0.3) is 11.0 Å². The largest absolute Gasteiger partial charge is 0.513 e. The van der Waals surface area contributed by atoms with E-state index >= 15 is 0 Å². The number of imidazole rings is 1. The molecule has 5 nitrogen and oxygen atoms in total. The van der Waals surface area contributed by atoms with Crippen molar-refractivity contribution in [1.82, 2.24) is 9.97 Å². The van der Waals surface area contributed by atoms with Gasteiger partial charge in [0.2, 0.25) is 0 Å². The molecule has 3 aromatic rings. The lowest BCUT2D eigenvalue weighted by molar-refractivity contribution is 0.446. The van der Waals surface area contributed by atoms with Gasteiger partial charge < -0.3 is 18.9 Å². The monoisotopic (exact) mass is 272 g/mol. The lowest BCUT2D eigenvalue weighted by atomic mass is 10.3. The van der Waals surface area contributed by atoms with Crippen LogP contribution >= 0.6 is 0 Å². The summed E-state index contributed by atoms with van der Waals surface area (Å²) in [7, 11) is -0.892. The zero-order valence-electron chi connectivity index (χ0n) is 10.0. The van der Waals surface area contributed by atoms with Gasteiger partial charge in [0.25, 0.3) is 0 Å². The van der Waals surface area contributed by atoms with Crippen LogP contribution in [-0.2, 0) is 0 Å². The summed E-state index contributed by atoms with van der Waals surface area (Å²) in [6, 6.07) is 13.0. The molecule has 0 saturated carbocycles. The van der Waals surface area contributed by atoms with Crippen molar-refractivity contribution < 1.29 is 14.0 Å². The summed E-state index contributed by atoms with van der Waals surface area (Å²) in [4.78, 5) is 7.07. The van der Waals surface area contributed by atoms with Crippen molar-refractivity contribution in [3.05, 3.63) is 48.8 Å². The first-order valence-corrected chi connectivity index (χ1v) is 6.96. The summed E-state index contributed by atoms with van der Waals surface area (Å²) >= 11 is 0. The maximum absolute atomic E-state index is 9.15. The van der Waals surface area contributed by atoms with Gasteiger partial charge in [0.1, 0.15) is 0 Å². The summed E-state index contributed by atoms with van der Waals surface area (Å²) in [6.07, 6.45) is 1.70. The van der Waals surface area contributed by atoms with E-state index in [0.717, 1.165) is 11.0 Å². The molecule has 2 heterocycles. The fourth-order valence-electron chi connectivity index (χ4n) is 1.79. The lowest BCUT2D eigenvalue weighted by Gasteiger charge is -1.97. The van der Waals surface area contributed by atoms with Crippen molar-refractivity contribution in [2.75, 3.05) is 0 Å². The summed E-state index contributed by atoms with van der Waals surface area (Å²) in [5, 5.41) is 9.15. The quantitative estimate of drug-likeness (QED) is 0.612. The molecule has 0 unspecified atom stereocenters. The Morgan fingerprint density at radius 1 is 1.05 bits per heavy atom. The van der Waals surface area contributed by atoms with E-state index in [4.69, 9.17) is 14.0 Å². The first kappa shape index (κ1) is 11.6. The first-order chi connectivity index (χ1) is 9.34. The van der Waals surface area contributed by atoms with Crippen molar-refractivity contribution in [3.8, 4) is 17.2 Å². The molecular formula is C13H12N2O3Si. The molecule has 0 bridgehead atoms. The maximum Gasteiger partial charge on any atom is 0.428 e. The molecule has 0 aliphatic carbocycles. The Hall–Kier alpha value is -2.47. The van der Waals surface area contributed by atoms with Crippen molar-refractivity contribution in [2.24, 2.45) is 0 Å². The van der Waals surface area contributed by atoms with Crippen molar-refractivity contribution in [1.29, 1.82) is 0 Å². The number of nitrogens with zero attached hydrogens (tertiary/aromatic N) is 1. The number of phenolic OH excluding ortho intramolecular Hbond substituents is 1. The third-order valence-electron chi connectivity index (χ3n) is 2.70. The Labute approximate surface area is 111 Å². The second kappa shape index (κ2) is 5.03. The lowest BCUT2D eigenvalue weighted by Crippen LogP contribution is -1.99. The van der Waals surface area contributed by atoms with Crippen LogP contribution in [0.4, 0.5) is 0 Å². The average Bonchev–Trinajstić information content (AvgIpc) is 3.08. The molecule has 6 heteroatoms. The topological polar surface area (TPSA) is 67.4 Å². The van der Waals surface area contributed by atoms with Gasteiger partial charge in [-0.3, -0.25) is 0 Å². The molecule has 0 spiro atoms. The maximum atomic E-state index is 9.15. The van der Waals surface area contributed by atoms with Crippen LogP contribution in [0.3, 0.4) is 0 Å². The number of hydrogen-bond acceptors (Lipinski definition) is 4. The number of benzene rings is 2. The fourth-order valence-corrected chi connectivity index (χ4v) is 2.62. The number of aromatic amines is 1. The molecule has 1 aliphatic heterocycles. The van der Waals surface area contributed by atoms with E-state index in [1.165, 1.54) is 0 Å². The molecule has 19 heavy (non-hydrogen) atoms. The summed E-state index contributed by atoms with van der Waals surface area (Å²) in [5.41, 5.74) is 2.12. The standard InChI is InChI=1S/C7H6N2.C6H6O3Si/c1-2-4-7-6(3-1)8-5-9-7;7-4-2-1-3-5-6(4)9-10-8-5/h1-5H,(H,8,9);1-3,7H,10H2. The van der Waals surface area contributed by atoms with Gasteiger partial charge in [-0.2, -0.15) is 0 Å². The Morgan fingerprint density at radius 2 is 1.95 bits per heavy atom. The summed E-state index contributed by atoms with van der Waals surface area (Å²) in [5.74, 6) is 1.35. The highest BCUT2D eigenvalue weighted by Gasteiger charge is 2.16. The average molecular weight is 272 g/mol. The molecule has 0 amide bonds. The number of hydrogen-bond donors (Lipinski definition) is 2. The predicted molar refractivity (Wildman–Crippen MR) is 74.0 cm³/mol. The highest BCUT2D eigenvalue weighted by molar-refractivity contribution is 6.23. The van der Waals surface area contributed by atoms with E-state index < -0.39 is 10.0 Å². The number of fused-ring (bicyclic) bond motifs is 2. The van der Waals surface area contributed by atoms with Crippen molar-refractivity contribution in [2.45, 2.75) is 0 Å². The van der Waals surface area contributed by atoms with Gasteiger partial charge in [0.15, 0.2) is 17.2 Å². The highest BCUT2D eigenvalue weighted by atomic mass is 28.3. The number of H-pyrrole nitrogens is 1. The SMILES string of the molecule is Oc1cccc2c1O[SiH2]O2.c1ccc2[nH]cnc2c1. The molecule has 0 saturated heterocycles. The molecule has 0 radical (unpaired) electrons.